The lowest BCUT2D eigenvalue weighted by atomic mass is 9.47. The second-order valence-corrected chi connectivity index (χ2v) is 9.73. The van der Waals surface area contributed by atoms with Gasteiger partial charge in [0.25, 0.3) is 0 Å². The molecule has 4 aliphatic carbocycles. The first kappa shape index (κ1) is 16.3. The summed E-state index contributed by atoms with van der Waals surface area (Å²) in [7, 11) is 0. The fourth-order valence-corrected chi connectivity index (χ4v) is 6.43. The largest absolute Gasteiger partial charge is 0.508 e. The van der Waals surface area contributed by atoms with Crippen LogP contribution in [-0.2, 0) is 10.8 Å². The van der Waals surface area contributed by atoms with Crippen molar-refractivity contribution in [1.29, 1.82) is 0 Å². The van der Waals surface area contributed by atoms with Crippen molar-refractivity contribution in [2.24, 2.45) is 17.8 Å². The van der Waals surface area contributed by atoms with Gasteiger partial charge in [-0.1, -0.05) is 20.8 Å². The third-order valence-corrected chi connectivity index (χ3v) is 7.71. The van der Waals surface area contributed by atoms with Crippen molar-refractivity contribution < 1.29 is 10.2 Å². The third kappa shape index (κ3) is 2.21. The lowest BCUT2D eigenvalue weighted by Gasteiger charge is -2.58. The van der Waals surface area contributed by atoms with Crippen molar-refractivity contribution in [2.45, 2.75) is 83.5 Å². The highest BCUT2D eigenvalue weighted by Gasteiger charge is 2.54. The normalized spacial score (nSPS) is 34.8. The van der Waals surface area contributed by atoms with E-state index in [0.29, 0.717) is 11.3 Å². The second kappa shape index (κ2) is 5.16. The summed E-state index contributed by atoms with van der Waals surface area (Å²) >= 11 is 0. The first-order chi connectivity index (χ1) is 11.3. The molecule has 24 heavy (non-hydrogen) atoms. The number of phenolic OH excluding ortho intramolecular Hbond substituents is 2. The molecule has 0 spiro atoms. The van der Waals surface area contributed by atoms with Gasteiger partial charge in [0.05, 0.1) is 0 Å². The van der Waals surface area contributed by atoms with E-state index < -0.39 is 0 Å². The zero-order chi connectivity index (χ0) is 17.3. The fourth-order valence-electron chi connectivity index (χ4n) is 6.43. The van der Waals surface area contributed by atoms with Gasteiger partial charge in [0.2, 0.25) is 0 Å². The monoisotopic (exact) mass is 328 g/mol. The van der Waals surface area contributed by atoms with Crippen molar-refractivity contribution in [3.63, 3.8) is 0 Å². The van der Waals surface area contributed by atoms with Crippen LogP contribution < -0.4 is 0 Å². The number of rotatable bonds is 3. The quantitative estimate of drug-likeness (QED) is 0.762. The maximum absolute atomic E-state index is 11.1. The van der Waals surface area contributed by atoms with Crippen molar-refractivity contribution >= 4 is 0 Å². The Labute approximate surface area is 146 Å². The molecule has 0 aliphatic heterocycles. The average molecular weight is 328 g/mol. The first-order valence-corrected chi connectivity index (χ1v) is 9.82. The molecule has 2 N–H and O–H groups in total. The molecule has 0 heterocycles. The van der Waals surface area contributed by atoms with Gasteiger partial charge in [0.15, 0.2) is 0 Å². The van der Waals surface area contributed by atoms with E-state index in [1.165, 1.54) is 49.7 Å². The van der Waals surface area contributed by atoms with Crippen LogP contribution in [0.4, 0.5) is 0 Å². The smallest absolute Gasteiger partial charge is 0.126 e. The number of benzene rings is 1. The highest BCUT2D eigenvalue weighted by atomic mass is 16.3. The minimum absolute atomic E-state index is 0.0265. The average Bonchev–Trinajstić information content (AvgIpc) is 2.50. The molecule has 1 aromatic carbocycles. The highest BCUT2D eigenvalue weighted by molar-refractivity contribution is 5.58. The molecular weight excluding hydrogens is 296 g/mol. The Morgan fingerprint density at radius 1 is 1.04 bits per heavy atom. The summed E-state index contributed by atoms with van der Waals surface area (Å²) < 4.78 is 0. The van der Waals surface area contributed by atoms with E-state index in [2.05, 4.69) is 20.8 Å². The summed E-state index contributed by atoms with van der Waals surface area (Å²) in [6.45, 7) is 8.57. The van der Waals surface area contributed by atoms with Crippen LogP contribution in [-0.4, -0.2) is 10.2 Å². The van der Waals surface area contributed by atoms with Crippen LogP contribution in [0.5, 0.6) is 11.5 Å². The third-order valence-electron chi connectivity index (χ3n) is 7.71. The zero-order valence-electron chi connectivity index (χ0n) is 15.7. The van der Waals surface area contributed by atoms with Crippen LogP contribution in [0.3, 0.4) is 0 Å². The van der Waals surface area contributed by atoms with Crippen molar-refractivity contribution in [3.05, 3.63) is 22.8 Å². The number of aromatic hydroxyl groups is 2. The van der Waals surface area contributed by atoms with Crippen LogP contribution in [0, 0.1) is 24.7 Å². The molecule has 0 radical (unpaired) electrons. The van der Waals surface area contributed by atoms with Gasteiger partial charge in [-0.2, -0.15) is 0 Å². The molecule has 0 saturated heterocycles. The summed E-state index contributed by atoms with van der Waals surface area (Å²) in [4.78, 5) is 0. The van der Waals surface area contributed by atoms with E-state index in [1.807, 2.05) is 13.0 Å². The fraction of sp³-hybridized carbons (Fsp3) is 0.727. The molecule has 1 aromatic rings. The summed E-state index contributed by atoms with van der Waals surface area (Å²) in [5, 5.41) is 21.5. The lowest BCUT2D eigenvalue weighted by Crippen LogP contribution is -2.49. The lowest BCUT2D eigenvalue weighted by molar-refractivity contribution is -0.00704. The van der Waals surface area contributed by atoms with Gasteiger partial charge in [-0.25, -0.2) is 0 Å². The van der Waals surface area contributed by atoms with Gasteiger partial charge >= 0.3 is 0 Å². The van der Waals surface area contributed by atoms with Crippen molar-refractivity contribution in [1.82, 2.24) is 0 Å². The standard InChI is InChI=1S/C22H32O2/c1-5-21(3,4)17-9-18(23)13(2)20(24)19(17)22-10-14-6-15(11-22)8-16(7-14)12-22/h9,14-16,23-24H,5-8,10-12H2,1-4H3. The Kier molecular flexibility index (Phi) is 3.50. The Morgan fingerprint density at radius 2 is 1.54 bits per heavy atom. The van der Waals surface area contributed by atoms with Gasteiger partial charge in [0.1, 0.15) is 11.5 Å². The second-order valence-electron chi connectivity index (χ2n) is 9.73. The van der Waals surface area contributed by atoms with Crippen molar-refractivity contribution in [3.8, 4) is 11.5 Å². The van der Waals surface area contributed by atoms with E-state index in [1.54, 1.807) is 0 Å². The maximum atomic E-state index is 11.1. The number of hydrogen-bond acceptors (Lipinski definition) is 2. The van der Waals surface area contributed by atoms with E-state index in [9.17, 15) is 10.2 Å². The van der Waals surface area contributed by atoms with Crippen LogP contribution in [0.15, 0.2) is 6.07 Å². The number of hydrogen-bond donors (Lipinski definition) is 2. The predicted octanol–water partition coefficient (Wildman–Crippen LogP) is 5.56. The summed E-state index contributed by atoms with van der Waals surface area (Å²) in [6, 6.07) is 1.96. The van der Waals surface area contributed by atoms with Gasteiger partial charge < -0.3 is 10.2 Å². The summed E-state index contributed by atoms with van der Waals surface area (Å²) in [5.74, 6) is 3.18. The maximum Gasteiger partial charge on any atom is 0.126 e. The van der Waals surface area contributed by atoms with Gasteiger partial charge in [-0.05, 0) is 86.7 Å². The molecular formula is C22H32O2. The van der Waals surface area contributed by atoms with Crippen LogP contribution in [0.25, 0.3) is 0 Å². The van der Waals surface area contributed by atoms with E-state index in [0.717, 1.165) is 24.2 Å². The molecule has 0 unspecified atom stereocenters. The Morgan fingerprint density at radius 3 is 2.00 bits per heavy atom. The minimum atomic E-state index is -0.0265. The van der Waals surface area contributed by atoms with Crippen LogP contribution >= 0.6 is 0 Å². The molecule has 5 rings (SSSR count). The predicted molar refractivity (Wildman–Crippen MR) is 97.7 cm³/mol. The van der Waals surface area contributed by atoms with E-state index >= 15 is 0 Å². The van der Waals surface area contributed by atoms with Gasteiger partial charge in [-0.3, -0.25) is 0 Å². The molecule has 132 valence electrons. The first-order valence-electron chi connectivity index (χ1n) is 9.82. The number of phenols is 2. The zero-order valence-corrected chi connectivity index (χ0v) is 15.7. The van der Waals surface area contributed by atoms with E-state index in [-0.39, 0.29) is 16.6 Å². The summed E-state index contributed by atoms with van der Waals surface area (Å²) in [5.41, 5.74) is 3.17. The molecule has 0 amide bonds. The summed E-state index contributed by atoms with van der Waals surface area (Å²) in [6.07, 6.45) is 8.95. The Hall–Kier alpha value is -1.18. The molecule has 4 aliphatic rings. The molecule has 4 saturated carbocycles. The minimum Gasteiger partial charge on any atom is -0.508 e. The van der Waals surface area contributed by atoms with Gasteiger partial charge in [-0.15, -0.1) is 0 Å². The van der Waals surface area contributed by atoms with Gasteiger partial charge in [0, 0.05) is 16.5 Å². The Balaban J connectivity index is 1.93. The SMILES string of the molecule is CCC(C)(C)c1cc(O)c(C)c(O)c1C12CC3CC(CC(C3)C1)C2. The van der Waals surface area contributed by atoms with Crippen molar-refractivity contribution in [2.75, 3.05) is 0 Å². The van der Waals surface area contributed by atoms with E-state index in [4.69, 9.17) is 0 Å². The molecule has 0 atom stereocenters. The molecule has 2 heteroatoms. The molecule has 4 bridgehead atoms. The topological polar surface area (TPSA) is 40.5 Å². The molecule has 4 fully saturated rings. The molecule has 2 nitrogen and oxygen atoms in total. The Bertz CT molecular complexity index is 636. The highest BCUT2D eigenvalue weighted by Crippen LogP contribution is 2.63. The molecule has 0 aromatic heterocycles. The van der Waals surface area contributed by atoms with Crippen LogP contribution in [0.2, 0.25) is 0 Å². The van der Waals surface area contributed by atoms with Crippen LogP contribution in [0.1, 0.15) is 82.4 Å².